The molecule has 7 heteroatoms. The maximum absolute atomic E-state index is 13.1. The monoisotopic (exact) mass is 230 g/mol. The Kier molecular flexibility index (Phi) is 5.41. The highest BCUT2D eigenvalue weighted by molar-refractivity contribution is 7.55. The first-order valence-electron chi connectivity index (χ1n) is 4.14. The number of hydrogen-bond acceptors (Lipinski definition) is 4. The Hall–Kier alpha value is -0.320. The smallest absolute Gasteiger partial charge is 0.305 e. The quantitative estimate of drug-likeness (QED) is 0.498. The Morgan fingerprint density at radius 3 is 2.00 bits per heavy atom. The summed E-state index contributed by atoms with van der Waals surface area (Å²) in [6.45, 7) is 2.52. The third-order valence-corrected chi connectivity index (χ3v) is 3.51. The van der Waals surface area contributed by atoms with E-state index in [9.17, 15) is 18.1 Å². The molecule has 0 atom stereocenters. The molecular formula is C7H13F2O4P. The van der Waals surface area contributed by atoms with E-state index in [0.717, 1.165) is 0 Å². The molecule has 0 N–H and O–H groups in total. The van der Waals surface area contributed by atoms with Gasteiger partial charge in [0.15, 0.2) is 0 Å². The summed E-state index contributed by atoms with van der Waals surface area (Å²) in [5, 5.41) is 0. The van der Waals surface area contributed by atoms with Crippen molar-refractivity contribution in [2.24, 2.45) is 0 Å². The molecular weight excluding hydrogens is 217 g/mol. The first kappa shape index (κ1) is 13.7. The van der Waals surface area contributed by atoms with Gasteiger partial charge in [0.25, 0.3) is 0 Å². The summed E-state index contributed by atoms with van der Waals surface area (Å²) >= 11 is 0. The second kappa shape index (κ2) is 5.53. The van der Waals surface area contributed by atoms with Crippen LogP contribution in [0.1, 0.15) is 20.3 Å². The van der Waals surface area contributed by atoms with Gasteiger partial charge >= 0.3 is 13.3 Å². The Morgan fingerprint density at radius 2 is 1.71 bits per heavy atom. The zero-order chi connectivity index (χ0) is 11.2. The van der Waals surface area contributed by atoms with Crippen molar-refractivity contribution in [1.82, 2.24) is 0 Å². The van der Waals surface area contributed by atoms with Gasteiger partial charge in [0.05, 0.1) is 19.6 Å². The maximum Gasteiger partial charge on any atom is 0.400 e. The lowest BCUT2D eigenvalue weighted by atomic mass is 10.5. The van der Waals surface area contributed by atoms with Crippen molar-refractivity contribution in [2.45, 2.75) is 25.9 Å². The van der Waals surface area contributed by atoms with Gasteiger partial charge in [0.1, 0.15) is 6.29 Å². The molecule has 0 amide bonds. The first-order chi connectivity index (χ1) is 6.43. The minimum atomic E-state index is -4.50. The van der Waals surface area contributed by atoms with Crippen molar-refractivity contribution < 1.29 is 27.2 Å². The number of carbonyl (C=O) groups is 1. The predicted octanol–water partition coefficient (Wildman–Crippen LogP) is 2.43. The van der Waals surface area contributed by atoms with E-state index in [-0.39, 0.29) is 19.5 Å². The summed E-state index contributed by atoms with van der Waals surface area (Å²) in [5.41, 5.74) is -3.75. The van der Waals surface area contributed by atoms with Gasteiger partial charge in [-0.25, -0.2) is 0 Å². The van der Waals surface area contributed by atoms with Crippen molar-refractivity contribution in [2.75, 3.05) is 13.2 Å². The van der Waals surface area contributed by atoms with Crippen molar-refractivity contribution in [3.8, 4) is 0 Å². The van der Waals surface area contributed by atoms with Crippen molar-refractivity contribution in [1.29, 1.82) is 0 Å². The van der Waals surface area contributed by atoms with E-state index in [1.807, 2.05) is 0 Å². The van der Waals surface area contributed by atoms with Crippen LogP contribution >= 0.6 is 7.60 Å². The summed E-state index contributed by atoms with van der Waals surface area (Å²) in [5.74, 6) is 0. The summed E-state index contributed by atoms with van der Waals surface area (Å²) in [4.78, 5) is 9.96. The van der Waals surface area contributed by atoms with Gasteiger partial charge in [-0.15, -0.1) is 0 Å². The van der Waals surface area contributed by atoms with Gasteiger partial charge < -0.3 is 13.8 Å². The Labute approximate surface area is 81.1 Å². The van der Waals surface area contributed by atoms with Crippen LogP contribution in [0.5, 0.6) is 0 Å². The van der Waals surface area contributed by atoms with Gasteiger partial charge in [-0.1, -0.05) is 0 Å². The fourth-order valence-electron chi connectivity index (χ4n) is 0.778. The lowest BCUT2D eigenvalue weighted by Crippen LogP contribution is -2.20. The molecule has 0 aliphatic heterocycles. The molecule has 0 aliphatic carbocycles. The molecule has 0 aromatic carbocycles. The van der Waals surface area contributed by atoms with Crippen LogP contribution in [-0.2, 0) is 18.4 Å². The second-order valence-electron chi connectivity index (χ2n) is 2.37. The fourth-order valence-corrected chi connectivity index (χ4v) is 2.21. The van der Waals surface area contributed by atoms with E-state index in [4.69, 9.17) is 0 Å². The third-order valence-electron chi connectivity index (χ3n) is 1.33. The molecule has 0 aromatic rings. The SMILES string of the molecule is CCOP(=O)(OCC)C(F)(F)CC=O. The number of rotatable bonds is 7. The van der Waals surface area contributed by atoms with Gasteiger partial charge in [-0.2, -0.15) is 8.78 Å². The molecule has 0 unspecified atom stereocenters. The largest absolute Gasteiger partial charge is 0.400 e. The minimum absolute atomic E-state index is 0.00924. The third kappa shape index (κ3) is 3.12. The molecule has 0 fully saturated rings. The van der Waals surface area contributed by atoms with Crippen LogP contribution in [-0.4, -0.2) is 25.2 Å². The summed E-state index contributed by atoms with van der Waals surface area (Å²) in [6, 6.07) is 0. The van der Waals surface area contributed by atoms with E-state index in [1.165, 1.54) is 13.8 Å². The molecule has 84 valence electrons. The van der Waals surface area contributed by atoms with Gasteiger partial charge in [-0.05, 0) is 13.8 Å². The van der Waals surface area contributed by atoms with Crippen LogP contribution < -0.4 is 0 Å². The van der Waals surface area contributed by atoms with Gasteiger partial charge in [0, 0.05) is 0 Å². The van der Waals surface area contributed by atoms with E-state index in [2.05, 4.69) is 9.05 Å². The van der Waals surface area contributed by atoms with Crippen molar-refractivity contribution in [3.05, 3.63) is 0 Å². The predicted molar refractivity (Wildman–Crippen MR) is 46.5 cm³/mol. The first-order valence-corrected chi connectivity index (χ1v) is 5.68. The highest BCUT2D eigenvalue weighted by atomic mass is 31.2. The molecule has 14 heavy (non-hydrogen) atoms. The Bertz CT molecular complexity index is 222. The molecule has 0 bridgehead atoms. The molecule has 0 aromatic heterocycles. The molecule has 0 radical (unpaired) electrons. The molecule has 0 saturated carbocycles. The van der Waals surface area contributed by atoms with Crippen molar-refractivity contribution >= 4 is 13.9 Å². The maximum atomic E-state index is 13.1. The normalized spacial score (nSPS) is 12.9. The highest BCUT2D eigenvalue weighted by Crippen LogP contribution is 2.62. The van der Waals surface area contributed by atoms with Crippen LogP contribution in [0.3, 0.4) is 0 Å². The zero-order valence-electron chi connectivity index (χ0n) is 8.03. The fraction of sp³-hybridized carbons (Fsp3) is 0.857. The number of aldehydes is 1. The van der Waals surface area contributed by atoms with Crippen LogP contribution in [0.4, 0.5) is 8.78 Å². The summed E-state index contributed by atoms with van der Waals surface area (Å²) in [7, 11) is -4.50. The average molecular weight is 230 g/mol. The summed E-state index contributed by atoms with van der Waals surface area (Å²) in [6.07, 6.45) is -1.17. The van der Waals surface area contributed by atoms with E-state index in [1.54, 1.807) is 0 Å². The van der Waals surface area contributed by atoms with Crippen LogP contribution in [0.2, 0.25) is 0 Å². The number of alkyl halides is 2. The number of halogens is 2. The molecule has 0 spiro atoms. The molecule has 0 saturated heterocycles. The minimum Gasteiger partial charge on any atom is -0.305 e. The average Bonchev–Trinajstić information content (AvgIpc) is 2.04. The van der Waals surface area contributed by atoms with Gasteiger partial charge in [0.2, 0.25) is 0 Å². The van der Waals surface area contributed by atoms with Crippen molar-refractivity contribution in [3.63, 3.8) is 0 Å². The van der Waals surface area contributed by atoms with Crippen LogP contribution in [0.15, 0.2) is 0 Å². The number of carbonyl (C=O) groups excluding carboxylic acids is 1. The Morgan fingerprint density at radius 1 is 1.29 bits per heavy atom. The zero-order valence-corrected chi connectivity index (χ0v) is 8.93. The van der Waals surface area contributed by atoms with E-state index < -0.39 is 19.7 Å². The standard InChI is InChI=1S/C7H13F2O4P/c1-3-12-14(11,13-4-2)7(8,9)5-6-10/h6H,3-5H2,1-2H3. The second-order valence-corrected chi connectivity index (χ2v) is 4.54. The number of hydrogen-bond donors (Lipinski definition) is 0. The van der Waals surface area contributed by atoms with Crippen LogP contribution in [0, 0.1) is 0 Å². The van der Waals surface area contributed by atoms with E-state index in [0.29, 0.717) is 0 Å². The molecule has 0 heterocycles. The lowest BCUT2D eigenvalue weighted by molar-refractivity contribution is -0.111. The lowest BCUT2D eigenvalue weighted by Gasteiger charge is -2.23. The topological polar surface area (TPSA) is 52.6 Å². The van der Waals surface area contributed by atoms with Crippen LogP contribution in [0.25, 0.3) is 0 Å². The van der Waals surface area contributed by atoms with Gasteiger partial charge in [-0.3, -0.25) is 4.57 Å². The Balaban J connectivity index is 4.77. The molecule has 4 nitrogen and oxygen atoms in total. The molecule has 0 aliphatic rings. The summed E-state index contributed by atoms with van der Waals surface area (Å²) < 4.78 is 46.5. The van der Waals surface area contributed by atoms with E-state index >= 15 is 0 Å². The highest BCUT2D eigenvalue weighted by Gasteiger charge is 2.52. The molecule has 0 rings (SSSR count).